The molecule has 5 heteroatoms. The summed E-state index contributed by atoms with van der Waals surface area (Å²) >= 11 is 0. The van der Waals surface area contributed by atoms with Crippen LogP contribution in [0.3, 0.4) is 0 Å². The van der Waals surface area contributed by atoms with Crippen LogP contribution in [0, 0.1) is 5.82 Å². The van der Waals surface area contributed by atoms with Crippen molar-refractivity contribution in [3.05, 3.63) is 35.6 Å². The average Bonchev–Trinajstić information content (AvgIpc) is 2.59. The zero-order valence-electron chi connectivity index (χ0n) is 9.44. The number of urea groups is 1. The summed E-state index contributed by atoms with van der Waals surface area (Å²) in [5.41, 5.74) is 0.712. The van der Waals surface area contributed by atoms with Gasteiger partial charge in [-0.25, -0.2) is 9.18 Å². The quantitative estimate of drug-likeness (QED) is 0.864. The number of carbonyl (C=O) groups is 2. The van der Waals surface area contributed by atoms with Crippen molar-refractivity contribution in [3.8, 4) is 0 Å². The number of amides is 2. The Morgan fingerprint density at radius 2 is 2.35 bits per heavy atom. The van der Waals surface area contributed by atoms with Gasteiger partial charge >= 0.3 is 6.03 Å². The highest BCUT2D eigenvalue weighted by Crippen LogP contribution is 2.20. The number of Topliss-reactive ketones (excluding diaryl/α,β-unsaturated/α-hetero) is 1. The highest BCUT2D eigenvalue weighted by atomic mass is 19.1. The molecule has 0 radical (unpaired) electrons. The molecule has 90 valence electrons. The van der Waals surface area contributed by atoms with Crippen molar-refractivity contribution >= 4 is 11.8 Å². The van der Waals surface area contributed by atoms with Gasteiger partial charge in [-0.2, -0.15) is 0 Å². The maximum atomic E-state index is 13.0. The van der Waals surface area contributed by atoms with Gasteiger partial charge in [-0.3, -0.25) is 4.79 Å². The SMILES string of the molecule is CC(=O)CN1CC(c2cccc(F)c2)NC1=O. The maximum absolute atomic E-state index is 13.0. The zero-order chi connectivity index (χ0) is 12.4. The molecule has 1 aliphatic heterocycles. The number of nitrogens with zero attached hydrogens (tertiary/aromatic N) is 1. The topological polar surface area (TPSA) is 49.4 Å². The zero-order valence-corrected chi connectivity index (χ0v) is 9.44. The van der Waals surface area contributed by atoms with E-state index in [0.717, 1.165) is 0 Å². The van der Waals surface area contributed by atoms with Crippen LogP contribution in [0.2, 0.25) is 0 Å². The standard InChI is InChI=1S/C12H13FN2O2/c1-8(16)6-15-7-11(14-12(15)17)9-3-2-4-10(13)5-9/h2-5,11H,6-7H2,1H3,(H,14,17). The average molecular weight is 236 g/mol. The van der Waals surface area contributed by atoms with E-state index >= 15 is 0 Å². The highest BCUT2D eigenvalue weighted by molar-refractivity contribution is 5.85. The fraction of sp³-hybridized carbons (Fsp3) is 0.333. The summed E-state index contributed by atoms with van der Waals surface area (Å²) in [5.74, 6) is -0.401. The summed E-state index contributed by atoms with van der Waals surface area (Å²) in [7, 11) is 0. The first kappa shape index (κ1) is 11.6. The van der Waals surface area contributed by atoms with Crippen molar-refractivity contribution in [2.75, 3.05) is 13.1 Å². The lowest BCUT2D eigenvalue weighted by molar-refractivity contribution is -0.117. The Morgan fingerprint density at radius 1 is 1.59 bits per heavy atom. The molecule has 1 N–H and O–H groups in total. The predicted molar refractivity (Wildman–Crippen MR) is 59.9 cm³/mol. The molecule has 0 aliphatic carbocycles. The molecule has 1 heterocycles. The van der Waals surface area contributed by atoms with Gasteiger partial charge in [0, 0.05) is 6.54 Å². The third-order valence-electron chi connectivity index (χ3n) is 2.65. The molecule has 1 unspecified atom stereocenters. The molecule has 1 aromatic rings. The van der Waals surface area contributed by atoms with Gasteiger partial charge in [-0.05, 0) is 24.6 Å². The van der Waals surface area contributed by atoms with E-state index in [2.05, 4.69) is 5.32 Å². The second-order valence-electron chi connectivity index (χ2n) is 4.14. The largest absolute Gasteiger partial charge is 0.329 e. The van der Waals surface area contributed by atoms with Crippen molar-refractivity contribution in [3.63, 3.8) is 0 Å². The Bertz CT molecular complexity index is 462. The number of benzene rings is 1. The van der Waals surface area contributed by atoms with Crippen LogP contribution in [0.5, 0.6) is 0 Å². The van der Waals surface area contributed by atoms with Gasteiger partial charge in [0.2, 0.25) is 0 Å². The van der Waals surface area contributed by atoms with Crippen molar-refractivity contribution < 1.29 is 14.0 Å². The number of rotatable bonds is 3. The third-order valence-corrected chi connectivity index (χ3v) is 2.65. The number of halogens is 1. The highest BCUT2D eigenvalue weighted by Gasteiger charge is 2.30. The summed E-state index contributed by atoms with van der Waals surface area (Å²) in [4.78, 5) is 23.9. The molecular weight excluding hydrogens is 223 g/mol. The lowest BCUT2D eigenvalue weighted by Gasteiger charge is -2.12. The van der Waals surface area contributed by atoms with Crippen molar-refractivity contribution in [2.45, 2.75) is 13.0 Å². The normalized spacial score (nSPS) is 19.3. The van der Waals surface area contributed by atoms with Crippen molar-refractivity contribution in [1.29, 1.82) is 0 Å². The van der Waals surface area contributed by atoms with Gasteiger partial charge in [-0.1, -0.05) is 12.1 Å². The first-order valence-electron chi connectivity index (χ1n) is 5.36. The van der Waals surface area contributed by atoms with Crippen LogP contribution in [-0.2, 0) is 4.79 Å². The van der Waals surface area contributed by atoms with Crippen LogP contribution < -0.4 is 5.32 Å². The summed E-state index contributed by atoms with van der Waals surface area (Å²) < 4.78 is 13.0. The molecule has 2 rings (SSSR count). The van der Waals surface area contributed by atoms with E-state index < -0.39 is 0 Å². The van der Waals surface area contributed by atoms with Crippen LogP contribution in [-0.4, -0.2) is 29.8 Å². The van der Waals surface area contributed by atoms with Gasteiger partial charge in [0.25, 0.3) is 0 Å². The third kappa shape index (κ3) is 2.61. The van der Waals surface area contributed by atoms with Crippen LogP contribution in [0.4, 0.5) is 9.18 Å². The number of hydrogen-bond donors (Lipinski definition) is 1. The predicted octanol–water partition coefficient (Wildman–Crippen LogP) is 1.48. The lowest BCUT2D eigenvalue weighted by atomic mass is 10.1. The molecule has 1 aliphatic rings. The lowest BCUT2D eigenvalue weighted by Crippen LogP contribution is -2.32. The van der Waals surface area contributed by atoms with E-state index in [4.69, 9.17) is 0 Å². The molecule has 4 nitrogen and oxygen atoms in total. The minimum atomic E-state index is -0.332. The number of nitrogens with one attached hydrogen (secondary N) is 1. The minimum Gasteiger partial charge on any atom is -0.329 e. The molecule has 2 amide bonds. The van der Waals surface area contributed by atoms with Gasteiger partial charge in [-0.15, -0.1) is 0 Å². The first-order chi connectivity index (χ1) is 8.06. The summed E-state index contributed by atoms with van der Waals surface area (Å²) in [6.07, 6.45) is 0. The Morgan fingerprint density at radius 3 is 3.00 bits per heavy atom. The minimum absolute atomic E-state index is 0.0694. The molecular formula is C12H13FN2O2. The monoisotopic (exact) mass is 236 g/mol. The van der Waals surface area contributed by atoms with E-state index in [-0.39, 0.29) is 30.2 Å². The van der Waals surface area contributed by atoms with Gasteiger partial charge < -0.3 is 10.2 Å². The molecule has 0 spiro atoms. The Labute approximate surface area is 98.4 Å². The van der Waals surface area contributed by atoms with Gasteiger partial charge in [0.1, 0.15) is 11.6 Å². The first-order valence-corrected chi connectivity index (χ1v) is 5.36. The Hall–Kier alpha value is -1.91. The second-order valence-corrected chi connectivity index (χ2v) is 4.14. The molecule has 0 aromatic heterocycles. The van der Waals surface area contributed by atoms with E-state index in [0.29, 0.717) is 12.1 Å². The van der Waals surface area contributed by atoms with Crippen LogP contribution >= 0.6 is 0 Å². The fourth-order valence-corrected chi connectivity index (χ4v) is 1.91. The second kappa shape index (κ2) is 4.53. The molecule has 0 saturated carbocycles. The van der Waals surface area contributed by atoms with Gasteiger partial charge in [0.15, 0.2) is 0 Å². The molecule has 1 aromatic carbocycles. The molecule has 1 fully saturated rings. The maximum Gasteiger partial charge on any atom is 0.318 e. The fourth-order valence-electron chi connectivity index (χ4n) is 1.91. The van der Waals surface area contributed by atoms with E-state index in [9.17, 15) is 14.0 Å². The molecule has 0 bridgehead atoms. The van der Waals surface area contributed by atoms with Crippen LogP contribution in [0.25, 0.3) is 0 Å². The van der Waals surface area contributed by atoms with E-state index in [1.54, 1.807) is 12.1 Å². The Balaban J connectivity index is 2.11. The Kier molecular flexibility index (Phi) is 3.08. The van der Waals surface area contributed by atoms with E-state index in [1.807, 2.05) is 0 Å². The van der Waals surface area contributed by atoms with E-state index in [1.165, 1.54) is 24.0 Å². The number of ketones is 1. The summed E-state index contributed by atoms with van der Waals surface area (Å²) in [6.45, 7) is 1.92. The van der Waals surface area contributed by atoms with Gasteiger partial charge in [0.05, 0.1) is 12.6 Å². The number of carbonyl (C=O) groups excluding carboxylic acids is 2. The molecule has 17 heavy (non-hydrogen) atoms. The van der Waals surface area contributed by atoms with Crippen LogP contribution in [0.1, 0.15) is 18.5 Å². The molecule has 1 saturated heterocycles. The summed E-state index contributed by atoms with van der Waals surface area (Å²) in [5, 5.41) is 2.72. The smallest absolute Gasteiger partial charge is 0.318 e. The molecule has 1 atom stereocenters. The van der Waals surface area contributed by atoms with Crippen molar-refractivity contribution in [2.24, 2.45) is 0 Å². The van der Waals surface area contributed by atoms with Crippen molar-refractivity contribution in [1.82, 2.24) is 10.2 Å². The summed E-state index contributed by atoms with van der Waals surface area (Å²) in [6, 6.07) is 5.57. The van der Waals surface area contributed by atoms with Crippen LogP contribution in [0.15, 0.2) is 24.3 Å². The number of hydrogen-bond acceptors (Lipinski definition) is 2.